The van der Waals surface area contributed by atoms with Gasteiger partial charge in [-0.2, -0.15) is 0 Å². The van der Waals surface area contributed by atoms with Gasteiger partial charge in [-0.3, -0.25) is 0 Å². The summed E-state index contributed by atoms with van der Waals surface area (Å²) in [5.41, 5.74) is 7.35. The molecule has 21 heavy (non-hydrogen) atoms. The molecule has 1 aliphatic carbocycles. The molecule has 1 aromatic heterocycles. The number of benzene rings is 1. The molecule has 1 aromatic carbocycles. The summed E-state index contributed by atoms with van der Waals surface area (Å²) in [6.07, 6.45) is 4.95. The first kappa shape index (κ1) is 14.6. The van der Waals surface area contributed by atoms with Crippen LogP contribution in [0, 0.1) is 5.41 Å². The van der Waals surface area contributed by atoms with Crippen LogP contribution < -0.4 is 5.73 Å². The van der Waals surface area contributed by atoms with Crippen LogP contribution in [0.15, 0.2) is 12.1 Å². The highest BCUT2D eigenvalue weighted by molar-refractivity contribution is 6.43. The van der Waals surface area contributed by atoms with Gasteiger partial charge in [-0.05, 0) is 40.8 Å². The Morgan fingerprint density at radius 3 is 2.67 bits per heavy atom. The number of anilines is 1. The van der Waals surface area contributed by atoms with E-state index >= 15 is 0 Å². The number of tetrazole rings is 1. The second-order valence-electron chi connectivity index (χ2n) is 6.04. The number of nitrogens with zero attached hydrogens (tertiary/aromatic N) is 4. The van der Waals surface area contributed by atoms with Gasteiger partial charge in [0.05, 0.1) is 22.3 Å². The van der Waals surface area contributed by atoms with Crippen LogP contribution in [0.5, 0.6) is 0 Å². The minimum atomic E-state index is 0.256. The smallest absolute Gasteiger partial charge is 0.182 e. The minimum Gasteiger partial charge on any atom is -0.397 e. The number of hydrogen-bond donors (Lipinski definition) is 1. The number of nitrogen functional groups attached to an aromatic ring is 1. The van der Waals surface area contributed by atoms with Gasteiger partial charge >= 0.3 is 0 Å². The maximum atomic E-state index is 6.10. The Balaban J connectivity index is 1.95. The number of hydrogen-bond acceptors (Lipinski definition) is 4. The van der Waals surface area contributed by atoms with Crippen molar-refractivity contribution in [3.8, 4) is 11.4 Å². The maximum Gasteiger partial charge on any atom is 0.182 e. The molecule has 1 heterocycles. The summed E-state index contributed by atoms with van der Waals surface area (Å²) in [6.45, 7) is 3.09. The van der Waals surface area contributed by atoms with E-state index in [1.54, 1.807) is 12.1 Å². The molecule has 0 saturated heterocycles. The van der Waals surface area contributed by atoms with Crippen LogP contribution >= 0.6 is 23.2 Å². The average Bonchev–Trinajstić information content (AvgIpc) is 3.05. The van der Waals surface area contributed by atoms with Gasteiger partial charge < -0.3 is 5.73 Å². The van der Waals surface area contributed by atoms with Crippen molar-refractivity contribution in [2.24, 2.45) is 5.41 Å². The van der Waals surface area contributed by atoms with Crippen molar-refractivity contribution in [1.82, 2.24) is 20.2 Å². The Hall–Kier alpha value is -1.33. The average molecular weight is 326 g/mol. The second-order valence-corrected chi connectivity index (χ2v) is 6.82. The van der Waals surface area contributed by atoms with Gasteiger partial charge in [0.1, 0.15) is 0 Å². The number of halogens is 2. The lowest BCUT2D eigenvalue weighted by Crippen LogP contribution is -2.21. The van der Waals surface area contributed by atoms with E-state index in [1.807, 2.05) is 4.68 Å². The topological polar surface area (TPSA) is 69.6 Å². The van der Waals surface area contributed by atoms with Crippen molar-refractivity contribution in [1.29, 1.82) is 0 Å². The van der Waals surface area contributed by atoms with Gasteiger partial charge in [-0.25, -0.2) is 4.68 Å². The van der Waals surface area contributed by atoms with Crippen molar-refractivity contribution in [2.75, 3.05) is 5.73 Å². The summed E-state index contributed by atoms with van der Waals surface area (Å²) in [4.78, 5) is 0. The lowest BCUT2D eigenvalue weighted by molar-refractivity contribution is 0.267. The monoisotopic (exact) mass is 325 g/mol. The molecule has 5 nitrogen and oxygen atoms in total. The minimum absolute atomic E-state index is 0.256. The van der Waals surface area contributed by atoms with E-state index in [0.717, 1.165) is 12.1 Å². The molecule has 0 spiro atoms. The highest BCUT2D eigenvalue weighted by atomic mass is 35.5. The predicted octanol–water partition coefficient (Wildman–Crippen LogP) is 3.81. The lowest BCUT2D eigenvalue weighted by atomic mass is 9.89. The molecule has 0 amide bonds. The second kappa shape index (κ2) is 5.46. The molecular weight excluding hydrogens is 309 g/mol. The molecule has 1 saturated carbocycles. The van der Waals surface area contributed by atoms with Crippen LogP contribution in [0.1, 0.15) is 32.6 Å². The van der Waals surface area contributed by atoms with Gasteiger partial charge in [0.15, 0.2) is 5.82 Å². The summed E-state index contributed by atoms with van der Waals surface area (Å²) < 4.78 is 1.84. The third-order valence-corrected chi connectivity index (χ3v) is 5.01. The van der Waals surface area contributed by atoms with Gasteiger partial charge in [0, 0.05) is 5.56 Å². The van der Waals surface area contributed by atoms with E-state index in [4.69, 9.17) is 28.9 Å². The molecule has 3 rings (SSSR count). The van der Waals surface area contributed by atoms with Crippen LogP contribution in [0.2, 0.25) is 10.0 Å². The molecular formula is C14H17Cl2N5. The molecule has 0 bridgehead atoms. The molecule has 112 valence electrons. The molecule has 0 unspecified atom stereocenters. The molecule has 0 atom stereocenters. The fraction of sp³-hybridized carbons (Fsp3) is 0.500. The molecule has 0 aliphatic heterocycles. The number of rotatable bonds is 3. The van der Waals surface area contributed by atoms with Crippen LogP contribution in [-0.2, 0) is 6.54 Å². The fourth-order valence-corrected chi connectivity index (χ4v) is 3.34. The Morgan fingerprint density at radius 2 is 2.00 bits per heavy atom. The van der Waals surface area contributed by atoms with E-state index in [0.29, 0.717) is 21.6 Å². The summed E-state index contributed by atoms with van der Waals surface area (Å²) in [5.74, 6) is 0.674. The van der Waals surface area contributed by atoms with Crippen LogP contribution in [0.3, 0.4) is 0 Å². The summed E-state index contributed by atoms with van der Waals surface area (Å²) >= 11 is 12.1. The Labute approximate surface area is 133 Å². The number of nitrogens with two attached hydrogens (primary N) is 1. The molecule has 2 N–H and O–H groups in total. The largest absolute Gasteiger partial charge is 0.397 e. The molecule has 2 aromatic rings. The van der Waals surface area contributed by atoms with Crippen molar-refractivity contribution in [3.63, 3.8) is 0 Å². The molecule has 1 aliphatic rings. The van der Waals surface area contributed by atoms with Crippen LogP contribution in [-0.4, -0.2) is 20.2 Å². The Bertz CT molecular complexity index is 638. The Kier molecular flexibility index (Phi) is 3.80. The zero-order valence-corrected chi connectivity index (χ0v) is 13.3. The third kappa shape index (κ3) is 2.85. The maximum absolute atomic E-state index is 6.10. The van der Waals surface area contributed by atoms with Gasteiger partial charge in [-0.15, -0.1) is 5.10 Å². The first-order valence-corrected chi connectivity index (χ1v) is 7.75. The van der Waals surface area contributed by atoms with Gasteiger partial charge in [-0.1, -0.05) is 43.0 Å². The van der Waals surface area contributed by atoms with E-state index in [1.165, 1.54) is 25.7 Å². The Morgan fingerprint density at radius 1 is 1.29 bits per heavy atom. The zero-order chi connectivity index (χ0) is 15.0. The van der Waals surface area contributed by atoms with E-state index in [-0.39, 0.29) is 5.41 Å². The molecule has 0 radical (unpaired) electrons. The predicted molar refractivity (Wildman–Crippen MR) is 84.3 cm³/mol. The van der Waals surface area contributed by atoms with Gasteiger partial charge in [0.2, 0.25) is 0 Å². The first-order chi connectivity index (χ1) is 9.98. The van der Waals surface area contributed by atoms with E-state index in [2.05, 4.69) is 22.4 Å². The van der Waals surface area contributed by atoms with E-state index in [9.17, 15) is 0 Å². The molecule has 1 fully saturated rings. The summed E-state index contributed by atoms with van der Waals surface area (Å²) in [6, 6.07) is 3.51. The standard InChI is InChI=1S/C14H17Cl2N5/c1-14(4-2-3-5-14)8-21-13(18-19-20-21)9-6-10(15)12(16)11(17)7-9/h6-7H,2-5,8,17H2,1H3. The summed E-state index contributed by atoms with van der Waals surface area (Å²) in [7, 11) is 0. The van der Waals surface area contributed by atoms with Crippen molar-refractivity contribution in [2.45, 2.75) is 39.2 Å². The van der Waals surface area contributed by atoms with Crippen LogP contribution in [0.4, 0.5) is 5.69 Å². The highest BCUT2D eigenvalue weighted by Gasteiger charge is 2.30. The van der Waals surface area contributed by atoms with Crippen molar-refractivity contribution in [3.05, 3.63) is 22.2 Å². The molecule has 7 heteroatoms. The van der Waals surface area contributed by atoms with Crippen molar-refractivity contribution < 1.29 is 0 Å². The first-order valence-electron chi connectivity index (χ1n) is 7.00. The number of aromatic nitrogens is 4. The van der Waals surface area contributed by atoms with Gasteiger partial charge in [0.25, 0.3) is 0 Å². The third-order valence-electron chi connectivity index (χ3n) is 4.19. The lowest BCUT2D eigenvalue weighted by Gasteiger charge is -2.23. The summed E-state index contributed by atoms with van der Waals surface area (Å²) in [5, 5.41) is 12.8. The highest BCUT2D eigenvalue weighted by Crippen LogP contribution is 2.40. The normalized spacial score (nSPS) is 17.3. The quantitative estimate of drug-likeness (QED) is 0.871. The fourth-order valence-electron chi connectivity index (χ4n) is 3.01. The van der Waals surface area contributed by atoms with Crippen molar-refractivity contribution >= 4 is 28.9 Å². The van der Waals surface area contributed by atoms with Crippen LogP contribution in [0.25, 0.3) is 11.4 Å². The SMILES string of the molecule is CC1(Cn2nnnc2-c2cc(N)c(Cl)c(Cl)c2)CCCC1. The zero-order valence-electron chi connectivity index (χ0n) is 11.8. The van der Waals surface area contributed by atoms with E-state index < -0.39 is 0 Å².